The number of anilines is 4. The quantitative estimate of drug-likeness (QED) is 0.287. The Hall–Kier alpha value is -3.09. The third-order valence-corrected chi connectivity index (χ3v) is 5.38. The Labute approximate surface area is 193 Å². The van der Waals surface area contributed by atoms with Crippen LogP contribution in [-0.4, -0.2) is 9.97 Å². The zero-order chi connectivity index (χ0) is 23.7. The SMILES string of the molecule is CCCCCc1cccc(Nc2nc(Nc3ccc(CCCC)cc3)ncc2C(F)(F)F)c1. The van der Waals surface area contributed by atoms with Crippen molar-refractivity contribution in [1.29, 1.82) is 0 Å². The third-order valence-electron chi connectivity index (χ3n) is 5.38. The number of halogens is 3. The lowest BCUT2D eigenvalue weighted by Gasteiger charge is -2.15. The van der Waals surface area contributed by atoms with E-state index in [0.29, 0.717) is 5.69 Å². The van der Waals surface area contributed by atoms with Crippen LogP contribution in [0.2, 0.25) is 0 Å². The van der Waals surface area contributed by atoms with Crippen molar-refractivity contribution in [2.75, 3.05) is 10.6 Å². The molecule has 0 unspecified atom stereocenters. The van der Waals surface area contributed by atoms with Crippen LogP contribution in [0.1, 0.15) is 62.6 Å². The average molecular weight is 457 g/mol. The van der Waals surface area contributed by atoms with Crippen molar-refractivity contribution in [3.63, 3.8) is 0 Å². The topological polar surface area (TPSA) is 49.8 Å². The van der Waals surface area contributed by atoms with E-state index in [4.69, 9.17) is 0 Å². The van der Waals surface area contributed by atoms with Crippen molar-refractivity contribution in [3.05, 3.63) is 71.4 Å². The zero-order valence-electron chi connectivity index (χ0n) is 19.2. The lowest BCUT2D eigenvalue weighted by Crippen LogP contribution is -2.12. The third kappa shape index (κ3) is 7.48. The molecule has 1 aromatic heterocycles. The smallest absolute Gasteiger partial charge is 0.340 e. The van der Waals surface area contributed by atoms with Crippen LogP contribution in [0.5, 0.6) is 0 Å². The minimum atomic E-state index is -4.57. The minimum absolute atomic E-state index is 0.103. The van der Waals surface area contributed by atoms with Crippen molar-refractivity contribution >= 4 is 23.1 Å². The number of aryl methyl sites for hydroxylation is 2. The van der Waals surface area contributed by atoms with Gasteiger partial charge in [-0.25, -0.2) is 4.98 Å². The molecule has 0 saturated heterocycles. The molecule has 0 amide bonds. The number of rotatable bonds is 11. The van der Waals surface area contributed by atoms with E-state index < -0.39 is 11.7 Å². The highest BCUT2D eigenvalue weighted by atomic mass is 19.4. The van der Waals surface area contributed by atoms with Gasteiger partial charge < -0.3 is 10.6 Å². The van der Waals surface area contributed by atoms with Gasteiger partial charge in [-0.1, -0.05) is 57.4 Å². The summed E-state index contributed by atoms with van der Waals surface area (Å²) in [6, 6.07) is 15.2. The molecule has 7 heteroatoms. The van der Waals surface area contributed by atoms with Crippen molar-refractivity contribution in [1.82, 2.24) is 9.97 Å². The summed E-state index contributed by atoms with van der Waals surface area (Å²) in [4.78, 5) is 8.05. The summed E-state index contributed by atoms with van der Waals surface area (Å²) < 4.78 is 40.8. The highest BCUT2D eigenvalue weighted by Crippen LogP contribution is 2.35. The van der Waals surface area contributed by atoms with Crippen LogP contribution in [0.4, 0.5) is 36.3 Å². The Kier molecular flexibility index (Phi) is 8.69. The van der Waals surface area contributed by atoms with Crippen LogP contribution >= 0.6 is 0 Å². The molecule has 0 bridgehead atoms. The summed E-state index contributed by atoms with van der Waals surface area (Å²) >= 11 is 0. The van der Waals surface area contributed by atoms with Gasteiger partial charge in [-0.05, 0) is 61.1 Å². The van der Waals surface area contributed by atoms with Gasteiger partial charge in [0.15, 0.2) is 0 Å². The molecule has 3 rings (SSSR count). The van der Waals surface area contributed by atoms with Crippen molar-refractivity contribution in [2.24, 2.45) is 0 Å². The second-order valence-electron chi connectivity index (χ2n) is 8.16. The first kappa shape index (κ1) is 24.6. The lowest BCUT2D eigenvalue weighted by molar-refractivity contribution is -0.137. The predicted octanol–water partition coefficient (Wildman–Crippen LogP) is 8.06. The van der Waals surface area contributed by atoms with Crippen molar-refractivity contribution in [2.45, 2.75) is 65.0 Å². The summed E-state index contributed by atoms with van der Waals surface area (Å²) in [5.41, 5.74) is 2.69. The highest BCUT2D eigenvalue weighted by molar-refractivity contribution is 5.63. The molecule has 2 N–H and O–H groups in total. The Balaban J connectivity index is 1.80. The monoisotopic (exact) mass is 456 g/mol. The number of aromatic nitrogens is 2. The Morgan fingerprint density at radius 1 is 0.788 bits per heavy atom. The number of hydrogen-bond acceptors (Lipinski definition) is 4. The van der Waals surface area contributed by atoms with E-state index in [-0.39, 0.29) is 11.8 Å². The molecule has 0 spiro atoms. The fourth-order valence-corrected chi connectivity index (χ4v) is 3.53. The van der Waals surface area contributed by atoms with E-state index in [1.165, 1.54) is 5.56 Å². The van der Waals surface area contributed by atoms with Gasteiger partial charge in [0.05, 0.1) is 0 Å². The fourth-order valence-electron chi connectivity index (χ4n) is 3.53. The standard InChI is InChI=1S/C26H31F3N4/c1-3-5-7-10-20-11-8-12-22(17-20)31-24-23(26(27,28)29)18-30-25(33-24)32-21-15-13-19(14-16-21)9-6-4-2/h8,11-18H,3-7,9-10H2,1-2H3,(H2,30,31,32,33). The molecule has 2 aromatic carbocycles. The molecule has 0 aliphatic carbocycles. The van der Waals surface area contributed by atoms with E-state index in [1.807, 2.05) is 42.5 Å². The van der Waals surface area contributed by atoms with Crippen LogP contribution in [0, 0.1) is 0 Å². The molecular formula is C26H31F3N4. The average Bonchev–Trinajstić information content (AvgIpc) is 2.78. The molecule has 0 fully saturated rings. The minimum Gasteiger partial charge on any atom is -0.340 e. The molecule has 0 aliphatic rings. The van der Waals surface area contributed by atoms with E-state index in [1.54, 1.807) is 6.07 Å². The summed E-state index contributed by atoms with van der Waals surface area (Å²) in [5, 5.41) is 5.87. The number of hydrogen-bond donors (Lipinski definition) is 2. The van der Waals surface area contributed by atoms with E-state index in [9.17, 15) is 13.2 Å². The summed E-state index contributed by atoms with van der Waals surface area (Å²) in [6.45, 7) is 4.28. The molecular weight excluding hydrogens is 425 g/mol. The lowest BCUT2D eigenvalue weighted by atomic mass is 10.1. The molecule has 33 heavy (non-hydrogen) atoms. The molecule has 3 aromatic rings. The van der Waals surface area contributed by atoms with Gasteiger partial charge in [0.25, 0.3) is 0 Å². The maximum atomic E-state index is 13.6. The number of unbranched alkanes of at least 4 members (excludes halogenated alkanes) is 3. The Morgan fingerprint density at radius 2 is 1.52 bits per heavy atom. The van der Waals surface area contributed by atoms with Crippen LogP contribution in [0.25, 0.3) is 0 Å². The summed E-state index contributed by atoms with van der Waals surface area (Å²) in [5.74, 6) is -0.170. The maximum absolute atomic E-state index is 13.6. The Morgan fingerprint density at radius 3 is 2.21 bits per heavy atom. The van der Waals surface area contributed by atoms with Crippen LogP contribution in [-0.2, 0) is 19.0 Å². The largest absolute Gasteiger partial charge is 0.421 e. The van der Waals surface area contributed by atoms with Gasteiger partial charge in [0, 0.05) is 17.6 Å². The Bertz CT molecular complexity index is 1020. The van der Waals surface area contributed by atoms with E-state index in [0.717, 1.165) is 62.4 Å². The molecule has 176 valence electrons. The molecule has 0 atom stereocenters. The van der Waals surface area contributed by atoms with Gasteiger partial charge in [-0.2, -0.15) is 18.2 Å². The molecule has 4 nitrogen and oxygen atoms in total. The molecule has 1 heterocycles. The first-order valence-electron chi connectivity index (χ1n) is 11.5. The highest BCUT2D eigenvalue weighted by Gasteiger charge is 2.35. The van der Waals surface area contributed by atoms with Crippen molar-refractivity contribution < 1.29 is 13.2 Å². The fraction of sp³-hybridized carbons (Fsp3) is 0.385. The number of nitrogens with zero attached hydrogens (tertiary/aromatic N) is 2. The van der Waals surface area contributed by atoms with Crippen LogP contribution in [0.3, 0.4) is 0 Å². The molecule has 0 aliphatic heterocycles. The second kappa shape index (κ2) is 11.7. The van der Waals surface area contributed by atoms with Crippen LogP contribution < -0.4 is 10.6 Å². The van der Waals surface area contributed by atoms with Gasteiger partial charge in [-0.15, -0.1) is 0 Å². The van der Waals surface area contributed by atoms with Crippen LogP contribution in [0.15, 0.2) is 54.7 Å². The maximum Gasteiger partial charge on any atom is 0.421 e. The van der Waals surface area contributed by atoms with Gasteiger partial charge in [0.2, 0.25) is 5.95 Å². The number of benzene rings is 2. The number of alkyl halides is 3. The first-order valence-corrected chi connectivity index (χ1v) is 11.5. The van der Waals surface area contributed by atoms with E-state index >= 15 is 0 Å². The van der Waals surface area contributed by atoms with Gasteiger partial charge in [0.1, 0.15) is 11.4 Å². The normalized spacial score (nSPS) is 11.4. The predicted molar refractivity (Wildman–Crippen MR) is 128 cm³/mol. The zero-order valence-corrected chi connectivity index (χ0v) is 19.2. The van der Waals surface area contributed by atoms with Gasteiger partial charge in [-0.3, -0.25) is 0 Å². The number of nitrogens with one attached hydrogen (secondary N) is 2. The van der Waals surface area contributed by atoms with Gasteiger partial charge >= 0.3 is 6.18 Å². The second-order valence-corrected chi connectivity index (χ2v) is 8.16. The van der Waals surface area contributed by atoms with E-state index in [2.05, 4.69) is 34.4 Å². The first-order chi connectivity index (χ1) is 15.9. The molecule has 0 radical (unpaired) electrons. The van der Waals surface area contributed by atoms with Crippen molar-refractivity contribution in [3.8, 4) is 0 Å². The molecule has 0 saturated carbocycles. The summed E-state index contributed by atoms with van der Waals surface area (Å²) in [7, 11) is 0. The summed E-state index contributed by atoms with van der Waals surface area (Å²) in [6.07, 6.45) is 3.66.